The van der Waals surface area contributed by atoms with E-state index in [-0.39, 0.29) is 5.69 Å². The van der Waals surface area contributed by atoms with Crippen LogP contribution in [0.4, 0.5) is 5.69 Å². The summed E-state index contributed by atoms with van der Waals surface area (Å²) in [6.07, 6.45) is 1.46. The smallest absolute Gasteiger partial charge is 0.270 e. The maximum absolute atomic E-state index is 10.8. The zero-order valence-corrected chi connectivity index (χ0v) is 10.3. The Labute approximate surface area is 111 Å². The number of fused-ring (bicyclic) bond motifs is 1. The molecule has 0 spiro atoms. The predicted octanol–water partition coefficient (Wildman–Crippen LogP) is 2.59. The van der Waals surface area contributed by atoms with Gasteiger partial charge < -0.3 is 4.98 Å². The molecule has 0 saturated carbocycles. The lowest BCUT2D eigenvalue weighted by Crippen LogP contribution is -1.88. The van der Waals surface area contributed by atoms with Gasteiger partial charge in [0.05, 0.1) is 22.3 Å². The number of aromatic amines is 2. The van der Waals surface area contributed by atoms with Gasteiger partial charge in [0.25, 0.3) is 5.69 Å². The minimum Gasteiger partial charge on any atom is -0.329 e. The summed E-state index contributed by atoms with van der Waals surface area (Å²) in [5.74, 6) is 0. The molecular weight excluding hydrogens is 266 g/mol. The van der Waals surface area contributed by atoms with Gasteiger partial charge in [-0.25, -0.2) is 4.98 Å². The molecule has 0 amide bonds. The molecule has 2 aromatic heterocycles. The molecule has 0 aliphatic carbocycles. The molecule has 3 rings (SSSR count). The van der Waals surface area contributed by atoms with Crippen molar-refractivity contribution in [1.29, 1.82) is 0 Å². The van der Waals surface area contributed by atoms with Crippen LogP contribution in [0.5, 0.6) is 0 Å². The summed E-state index contributed by atoms with van der Waals surface area (Å²) < 4.78 is 0.393. The number of nitro benzene ring substituents is 1. The summed E-state index contributed by atoms with van der Waals surface area (Å²) >= 11 is 5.15. The normalized spacial score (nSPS) is 10.7. The molecule has 0 radical (unpaired) electrons. The maximum Gasteiger partial charge on any atom is 0.270 e. The van der Waals surface area contributed by atoms with Crippen molar-refractivity contribution in [2.24, 2.45) is 0 Å². The van der Waals surface area contributed by atoms with E-state index in [4.69, 9.17) is 12.2 Å². The van der Waals surface area contributed by atoms with Gasteiger partial charge in [-0.1, -0.05) is 24.4 Å². The molecule has 0 atom stereocenters. The zero-order valence-electron chi connectivity index (χ0n) is 9.45. The van der Waals surface area contributed by atoms with Gasteiger partial charge in [0.15, 0.2) is 5.65 Å². The van der Waals surface area contributed by atoms with Gasteiger partial charge in [0.2, 0.25) is 0 Å². The molecule has 0 unspecified atom stereocenters. The molecule has 7 nitrogen and oxygen atoms in total. The molecule has 2 heterocycles. The summed E-state index contributed by atoms with van der Waals surface area (Å²) in [4.78, 5) is 17.2. The molecule has 8 heteroatoms. The first-order valence-electron chi connectivity index (χ1n) is 5.33. The third-order valence-electron chi connectivity index (χ3n) is 2.71. The fourth-order valence-electron chi connectivity index (χ4n) is 1.86. The van der Waals surface area contributed by atoms with Crippen molar-refractivity contribution in [1.82, 2.24) is 20.2 Å². The average molecular weight is 273 g/mol. The summed E-state index contributed by atoms with van der Waals surface area (Å²) in [6, 6.07) is 6.26. The van der Waals surface area contributed by atoms with Gasteiger partial charge in [0, 0.05) is 17.7 Å². The minimum absolute atomic E-state index is 0.0130. The van der Waals surface area contributed by atoms with Crippen molar-refractivity contribution in [3.8, 4) is 11.3 Å². The van der Waals surface area contributed by atoms with E-state index in [1.54, 1.807) is 12.1 Å². The number of nitrogens with one attached hydrogen (secondary N) is 2. The molecule has 19 heavy (non-hydrogen) atoms. The maximum atomic E-state index is 10.8. The third-order valence-corrected chi connectivity index (χ3v) is 3.02. The Morgan fingerprint density at radius 2 is 2.21 bits per heavy atom. The molecule has 2 N–H and O–H groups in total. The highest BCUT2D eigenvalue weighted by molar-refractivity contribution is 7.71. The molecule has 0 aliphatic rings. The number of non-ortho nitro benzene ring substituents is 1. The van der Waals surface area contributed by atoms with Crippen molar-refractivity contribution in [3.63, 3.8) is 0 Å². The quantitative estimate of drug-likeness (QED) is 0.424. The summed E-state index contributed by atoms with van der Waals surface area (Å²) in [5.41, 5.74) is 1.85. The van der Waals surface area contributed by atoms with Crippen LogP contribution in [0.2, 0.25) is 0 Å². The lowest BCUT2D eigenvalue weighted by atomic mass is 10.1. The van der Waals surface area contributed by atoms with Crippen LogP contribution >= 0.6 is 12.2 Å². The van der Waals surface area contributed by atoms with E-state index in [9.17, 15) is 10.1 Å². The first kappa shape index (κ1) is 11.5. The topological polar surface area (TPSA) is 100 Å². The first-order valence-corrected chi connectivity index (χ1v) is 5.74. The number of benzene rings is 1. The fraction of sp³-hybridized carbons (Fsp3) is 0. The van der Waals surface area contributed by atoms with Crippen LogP contribution in [-0.2, 0) is 0 Å². The minimum atomic E-state index is -0.443. The Hall–Kier alpha value is -2.61. The largest absolute Gasteiger partial charge is 0.329 e. The van der Waals surface area contributed by atoms with Gasteiger partial charge in [0.1, 0.15) is 4.64 Å². The van der Waals surface area contributed by atoms with Gasteiger partial charge in [-0.2, -0.15) is 5.10 Å². The Morgan fingerprint density at radius 1 is 1.37 bits per heavy atom. The highest BCUT2D eigenvalue weighted by Crippen LogP contribution is 2.27. The molecule has 0 aliphatic heterocycles. The van der Waals surface area contributed by atoms with E-state index in [2.05, 4.69) is 20.2 Å². The van der Waals surface area contributed by atoms with Crippen LogP contribution in [0.1, 0.15) is 0 Å². The SMILES string of the molecule is O=[N+]([O-])c1cccc(-c2[nH]nc3[nH]cnc(=S)c23)c1. The molecule has 0 bridgehead atoms. The van der Waals surface area contributed by atoms with E-state index in [0.717, 1.165) is 0 Å². The average Bonchev–Trinajstić information content (AvgIpc) is 2.84. The van der Waals surface area contributed by atoms with Crippen LogP contribution in [-0.4, -0.2) is 25.1 Å². The van der Waals surface area contributed by atoms with Crippen molar-refractivity contribution < 1.29 is 4.92 Å². The number of hydrogen-bond acceptors (Lipinski definition) is 5. The Morgan fingerprint density at radius 3 is 3.00 bits per heavy atom. The Bertz CT molecular complexity index is 838. The lowest BCUT2D eigenvalue weighted by molar-refractivity contribution is -0.384. The van der Waals surface area contributed by atoms with E-state index in [1.165, 1.54) is 18.5 Å². The highest BCUT2D eigenvalue weighted by atomic mass is 32.1. The van der Waals surface area contributed by atoms with E-state index in [1.807, 2.05) is 0 Å². The van der Waals surface area contributed by atoms with Crippen molar-refractivity contribution >= 4 is 28.9 Å². The summed E-state index contributed by atoms with van der Waals surface area (Å²) in [7, 11) is 0. The monoisotopic (exact) mass is 273 g/mol. The summed E-state index contributed by atoms with van der Waals surface area (Å²) in [5, 5.41) is 18.3. The zero-order chi connectivity index (χ0) is 13.4. The molecule has 3 aromatic rings. The predicted molar refractivity (Wildman–Crippen MR) is 71.2 cm³/mol. The van der Waals surface area contributed by atoms with E-state index in [0.29, 0.717) is 26.9 Å². The molecule has 0 fully saturated rings. The lowest BCUT2D eigenvalue weighted by Gasteiger charge is -1.98. The second-order valence-electron chi connectivity index (χ2n) is 3.84. The molecule has 1 aromatic carbocycles. The second kappa shape index (κ2) is 4.25. The number of aromatic nitrogens is 4. The van der Waals surface area contributed by atoms with Crippen LogP contribution in [0.25, 0.3) is 22.3 Å². The highest BCUT2D eigenvalue weighted by Gasteiger charge is 2.13. The van der Waals surface area contributed by atoms with Gasteiger partial charge >= 0.3 is 0 Å². The van der Waals surface area contributed by atoms with Crippen molar-refractivity contribution in [2.45, 2.75) is 0 Å². The van der Waals surface area contributed by atoms with Crippen LogP contribution in [0.3, 0.4) is 0 Å². The van der Waals surface area contributed by atoms with Crippen molar-refractivity contribution in [2.75, 3.05) is 0 Å². The van der Waals surface area contributed by atoms with E-state index < -0.39 is 4.92 Å². The number of nitrogens with zero attached hydrogens (tertiary/aromatic N) is 3. The second-order valence-corrected chi connectivity index (χ2v) is 4.22. The third kappa shape index (κ3) is 1.87. The van der Waals surface area contributed by atoms with E-state index >= 15 is 0 Å². The number of nitro groups is 1. The first-order chi connectivity index (χ1) is 9.16. The van der Waals surface area contributed by atoms with Crippen LogP contribution in [0, 0.1) is 14.8 Å². The van der Waals surface area contributed by atoms with Crippen molar-refractivity contribution in [3.05, 3.63) is 45.3 Å². The van der Waals surface area contributed by atoms with Crippen LogP contribution < -0.4 is 0 Å². The molecular formula is C11H7N5O2S. The van der Waals surface area contributed by atoms with Gasteiger partial charge in [-0.15, -0.1) is 0 Å². The molecule has 94 valence electrons. The van der Waals surface area contributed by atoms with Gasteiger partial charge in [-0.3, -0.25) is 15.2 Å². The Balaban J connectivity index is 2.28. The van der Waals surface area contributed by atoms with Crippen LogP contribution in [0.15, 0.2) is 30.6 Å². The Kier molecular flexibility index (Phi) is 2.57. The standard InChI is InChI=1S/C11H7N5O2S/c17-16(18)7-3-1-2-6(4-7)9-8-10(15-14-9)12-5-13-11(8)19/h1-5H,(H2,12,13,14,15,19). The number of H-pyrrole nitrogens is 2. The number of rotatable bonds is 2. The fourth-order valence-corrected chi connectivity index (χ4v) is 2.11. The summed E-state index contributed by atoms with van der Waals surface area (Å²) in [6.45, 7) is 0. The molecule has 0 saturated heterocycles. The number of hydrogen-bond donors (Lipinski definition) is 2. The van der Waals surface area contributed by atoms with Gasteiger partial charge in [-0.05, 0) is 0 Å².